The Morgan fingerprint density at radius 1 is 0.756 bits per heavy atom. The van der Waals surface area contributed by atoms with Gasteiger partial charge in [-0.2, -0.15) is 15.3 Å². The van der Waals surface area contributed by atoms with Gasteiger partial charge in [-0.05, 0) is 65.0 Å². The molecule has 0 fully saturated rings. The first-order valence-electron chi connectivity index (χ1n) is 13.0. The van der Waals surface area contributed by atoms with Gasteiger partial charge in [0.1, 0.15) is 0 Å². The van der Waals surface area contributed by atoms with E-state index in [2.05, 4.69) is 27.3 Å². The first-order valence-corrected chi connectivity index (χ1v) is 13.0. The van der Waals surface area contributed by atoms with E-state index in [1.807, 2.05) is 50.6 Å². The van der Waals surface area contributed by atoms with E-state index in [1.165, 1.54) is 23.6 Å². The summed E-state index contributed by atoms with van der Waals surface area (Å²) in [7, 11) is 0. The zero-order chi connectivity index (χ0) is 29.8. The number of nitrogens with zero attached hydrogens (tertiary/aromatic N) is 7. The minimum Gasteiger partial charge on any atom is -0.399 e. The van der Waals surface area contributed by atoms with Gasteiger partial charge in [0.2, 0.25) is 0 Å². The lowest BCUT2D eigenvalue weighted by Gasteiger charge is -1.98. The summed E-state index contributed by atoms with van der Waals surface area (Å²) in [6.45, 7) is 11.4. The van der Waals surface area contributed by atoms with Gasteiger partial charge < -0.3 is 5.73 Å². The van der Waals surface area contributed by atoms with Crippen molar-refractivity contribution in [3.05, 3.63) is 91.9 Å². The van der Waals surface area contributed by atoms with E-state index in [9.17, 15) is 20.2 Å². The van der Waals surface area contributed by atoms with Crippen LogP contribution in [-0.4, -0.2) is 39.6 Å². The normalized spacial score (nSPS) is 10.8. The molecule has 3 N–H and O–H groups in total. The number of benzene rings is 3. The largest absolute Gasteiger partial charge is 0.399 e. The molecule has 0 radical (unpaired) electrons. The van der Waals surface area contributed by atoms with Gasteiger partial charge in [0.25, 0.3) is 11.4 Å². The predicted molar refractivity (Wildman–Crippen MR) is 159 cm³/mol. The number of aryl methyl sites for hydroxylation is 5. The van der Waals surface area contributed by atoms with Gasteiger partial charge >= 0.3 is 0 Å². The number of nitrogens with two attached hydrogens (primary N) is 1. The molecule has 0 saturated carbocycles. The number of rotatable bonds is 4. The molecule has 0 aliphatic carbocycles. The topological polar surface area (TPSA) is 177 Å². The van der Waals surface area contributed by atoms with E-state index in [4.69, 9.17) is 5.73 Å². The van der Waals surface area contributed by atoms with Crippen LogP contribution in [0.15, 0.2) is 54.6 Å². The minimum absolute atomic E-state index is 0.0685. The molecule has 13 heteroatoms. The Hall–Kier alpha value is -5.33. The zero-order valence-corrected chi connectivity index (χ0v) is 23.5. The van der Waals surface area contributed by atoms with Gasteiger partial charge in [0.05, 0.1) is 37.8 Å². The Bertz CT molecular complexity index is 1880. The fourth-order valence-electron chi connectivity index (χ4n) is 4.53. The predicted octanol–water partition coefficient (Wildman–Crippen LogP) is 6.00. The molecule has 13 nitrogen and oxygen atoms in total. The van der Waals surface area contributed by atoms with E-state index in [-0.39, 0.29) is 16.3 Å². The zero-order valence-electron chi connectivity index (χ0n) is 23.5. The van der Waals surface area contributed by atoms with Crippen LogP contribution < -0.4 is 5.73 Å². The van der Waals surface area contributed by atoms with Crippen molar-refractivity contribution in [1.29, 1.82) is 0 Å². The number of anilines is 1. The van der Waals surface area contributed by atoms with E-state index in [0.29, 0.717) is 12.1 Å². The van der Waals surface area contributed by atoms with Crippen molar-refractivity contribution in [1.82, 2.24) is 29.8 Å². The Labute approximate surface area is 234 Å². The van der Waals surface area contributed by atoms with Crippen LogP contribution in [0.3, 0.4) is 0 Å². The van der Waals surface area contributed by atoms with Crippen molar-refractivity contribution in [3.63, 3.8) is 0 Å². The number of H-pyrrole nitrogens is 1. The number of nitro groups is 2. The fourth-order valence-corrected chi connectivity index (χ4v) is 4.53. The van der Waals surface area contributed by atoms with Crippen molar-refractivity contribution >= 4 is 49.8 Å². The smallest absolute Gasteiger partial charge is 0.271 e. The third kappa shape index (κ3) is 5.98. The second-order valence-corrected chi connectivity index (χ2v) is 9.34. The molecule has 0 aliphatic heterocycles. The molecule has 0 atom stereocenters. The van der Waals surface area contributed by atoms with Crippen LogP contribution in [0.2, 0.25) is 0 Å². The van der Waals surface area contributed by atoms with E-state index < -0.39 is 4.92 Å². The molecule has 6 aromatic rings. The lowest BCUT2D eigenvalue weighted by atomic mass is 10.2. The average molecular weight is 558 g/mol. The second-order valence-electron chi connectivity index (χ2n) is 9.34. The first-order chi connectivity index (χ1) is 19.5. The number of aromatic amines is 1. The number of hydrogen-bond donors (Lipinski definition) is 2. The summed E-state index contributed by atoms with van der Waals surface area (Å²) >= 11 is 0. The molecule has 0 spiro atoms. The van der Waals surface area contributed by atoms with Crippen LogP contribution in [0, 0.1) is 41.0 Å². The number of non-ortho nitro benzene ring substituents is 2. The summed E-state index contributed by atoms with van der Waals surface area (Å²) in [6.07, 6.45) is 0. The van der Waals surface area contributed by atoms with Crippen LogP contribution in [0.4, 0.5) is 17.1 Å². The molecule has 6 rings (SSSR count). The molecular formula is C28H31N9O4. The van der Waals surface area contributed by atoms with Crippen molar-refractivity contribution in [2.45, 2.75) is 47.7 Å². The van der Waals surface area contributed by atoms with E-state index in [0.717, 1.165) is 51.1 Å². The molecule has 0 bridgehead atoms. The van der Waals surface area contributed by atoms with Crippen LogP contribution in [0.1, 0.15) is 30.9 Å². The van der Waals surface area contributed by atoms with Gasteiger partial charge in [-0.3, -0.25) is 34.7 Å². The highest BCUT2D eigenvalue weighted by molar-refractivity contribution is 5.85. The summed E-state index contributed by atoms with van der Waals surface area (Å²) in [6, 6.07) is 15.4. The Balaban J connectivity index is 0.000000142. The molecule has 3 aromatic carbocycles. The van der Waals surface area contributed by atoms with E-state index >= 15 is 0 Å². The molecule has 212 valence electrons. The van der Waals surface area contributed by atoms with Crippen molar-refractivity contribution in [2.75, 3.05) is 5.73 Å². The van der Waals surface area contributed by atoms with Crippen LogP contribution in [0.25, 0.3) is 32.7 Å². The van der Waals surface area contributed by atoms with Crippen LogP contribution >= 0.6 is 0 Å². The standard InChI is InChI=1S/C10H11N3O2.C10H13N3.C8H7N3O2/c1-3-12-10-6-8(13(14)15)4-5-9(10)7(2)11-12;1-3-13-10-6-8(11)4-5-9(10)7(2)12-13;1-5-7-3-2-6(11(12)13)4-8(7)10-9-5/h4-6H,3H2,1-2H3;4-6H,3,11H2,1-2H3;2-4H,1H3,(H,9,10). The number of nitrogen functional groups attached to an aromatic ring is 1. The molecule has 3 aromatic heterocycles. The van der Waals surface area contributed by atoms with Gasteiger partial charge in [-0.1, -0.05) is 0 Å². The number of nitro benzene ring substituents is 2. The quantitative estimate of drug-likeness (QED) is 0.151. The maximum atomic E-state index is 10.6. The molecule has 3 heterocycles. The second kappa shape index (κ2) is 11.8. The summed E-state index contributed by atoms with van der Waals surface area (Å²) in [5.41, 5.74) is 12.2. The third-order valence-corrected chi connectivity index (χ3v) is 6.63. The van der Waals surface area contributed by atoms with Gasteiger partial charge in [-0.15, -0.1) is 0 Å². The number of nitrogens with one attached hydrogen (secondary N) is 1. The summed E-state index contributed by atoms with van der Waals surface area (Å²) in [5.74, 6) is 0. The molecule has 0 saturated heterocycles. The maximum absolute atomic E-state index is 10.6. The lowest BCUT2D eigenvalue weighted by Crippen LogP contribution is -1.96. The summed E-state index contributed by atoms with van der Waals surface area (Å²) in [5, 5.41) is 39.5. The Morgan fingerprint density at radius 3 is 1.78 bits per heavy atom. The van der Waals surface area contributed by atoms with Gasteiger partial charge in [0, 0.05) is 64.9 Å². The molecule has 0 amide bonds. The lowest BCUT2D eigenvalue weighted by molar-refractivity contribution is -0.384. The fraction of sp³-hybridized carbons (Fsp3) is 0.250. The number of hydrogen-bond acceptors (Lipinski definition) is 8. The number of aromatic nitrogens is 6. The average Bonchev–Trinajstić information content (AvgIpc) is 3.60. The molecule has 0 unspecified atom stereocenters. The first kappa shape index (κ1) is 28.7. The highest BCUT2D eigenvalue weighted by Crippen LogP contribution is 2.24. The Morgan fingerprint density at radius 2 is 1.24 bits per heavy atom. The monoisotopic (exact) mass is 557 g/mol. The van der Waals surface area contributed by atoms with Crippen LogP contribution in [0.5, 0.6) is 0 Å². The highest BCUT2D eigenvalue weighted by Gasteiger charge is 2.12. The van der Waals surface area contributed by atoms with E-state index in [1.54, 1.807) is 22.9 Å². The van der Waals surface area contributed by atoms with Crippen LogP contribution in [-0.2, 0) is 13.1 Å². The van der Waals surface area contributed by atoms with Crippen molar-refractivity contribution in [3.8, 4) is 0 Å². The van der Waals surface area contributed by atoms with Gasteiger partial charge in [0.15, 0.2) is 0 Å². The van der Waals surface area contributed by atoms with Crippen molar-refractivity contribution < 1.29 is 9.85 Å². The molecule has 0 aliphatic rings. The minimum atomic E-state index is -0.427. The molecule has 41 heavy (non-hydrogen) atoms. The molecular weight excluding hydrogens is 526 g/mol. The van der Waals surface area contributed by atoms with Crippen molar-refractivity contribution in [2.24, 2.45) is 0 Å². The SMILES string of the molecule is CCn1nc(C)c2ccc(N)cc21.CCn1nc(C)c2ccc([N+](=O)[O-])cc21.Cc1[nH]nc2cc([N+](=O)[O-])ccc12. The highest BCUT2D eigenvalue weighted by atomic mass is 16.6. The summed E-state index contributed by atoms with van der Waals surface area (Å²) < 4.78 is 3.75. The Kier molecular flexibility index (Phi) is 8.26. The van der Waals surface area contributed by atoms with Gasteiger partial charge in [-0.25, -0.2) is 0 Å². The maximum Gasteiger partial charge on any atom is 0.271 e. The summed E-state index contributed by atoms with van der Waals surface area (Å²) in [4.78, 5) is 20.2. The number of fused-ring (bicyclic) bond motifs is 3. The third-order valence-electron chi connectivity index (χ3n) is 6.63.